The van der Waals surface area contributed by atoms with E-state index in [4.69, 9.17) is 0 Å². The lowest BCUT2D eigenvalue weighted by Gasteiger charge is -2.29. The Labute approximate surface area is 126 Å². The number of nitrogens with zero attached hydrogens (tertiary/aromatic N) is 1. The van der Waals surface area contributed by atoms with Gasteiger partial charge in [-0.15, -0.1) is 0 Å². The zero-order valence-corrected chi connectivity index (χ0v) is 12.7. The molecule has 1 N–H and O–H groups in total. The van der Waals surface area contributed by atoms with Crippen LogP contribution in [0.1, 0.15) is 44.6 Å². The van der Waals surface area contributed by atoms with Crippen molar-refractivity contribution in [1.29, 1.82) is 0 Å². The smallest absolute Gasteiger partial charge is 0.236 e. The second kappa shape index (κ2) is 7.81. The Hall–Kier alpha value is -1.84. The maximum Gasteiger partial charge on any atom is 0.236 e. The molecule has 0 saturated carbocycles. The number of hydrogen-bond acceptors (Lipinski definition) is 2. The molecule has 1 aromatic rings. The molecule has 1 aliphatic heterocycles. The third-order valence-electron chi connectivity index (χ3n) is 3.83. The van der Waals surface area contributed by atoms with Crippen LogP contribution < -0.4 is 10.2 Å². The number of para-hydroxylation sites is 1. The first kappa shape index (κ1) is 15.5. The quantitative estimate of drug-likeness (QED) is 0.646. The average Bonchev–Trinajstić information content (AvgIpc) is 2.51. The van der Waals surface area contributed by atoms with Crippen molar-refractivity contribution in [2.75, 3.05) is 18.0 Å². The molecule has 0 saturated heterocycles. The average molecular weight is 288 g/mol. The summed E-state index contributed by atoms with van der Waals surface area (Å²) in [4.78, 5) is 25.9. The van der Waals surface area contributed by atoms with Crippen molar-refractivity contribution in [3.8, 4) is 0 Å². The Morgan fingerprint density at radius 1 is 1.24 bits per heavy atom. The van der Waals surface area contributed by atoms with Crippen LogP contribution >= 0.6 is 0 Å². The topological polar surface area (TPSA) is 49.4 Å². The highest BCUT2D eigenvalue weighted by Gasteiger charge is 2.23. The minimum atomic E-state index is -0.167. The summed E-state index contributed by atoms with van der Waals surface area (Å²) in [6.45, 7) is 3.49. The van der Waals surface area contributed by atoms with E-state index in [1.807, 2.05) is 18.2 Å². The molecule has 2 amide bonds. The molecular formula is C17H24N2O2. The van der Waals surface area contributed by atoms with Gasteiger partial charge in [-0.1, -0.05) is 38.0 Å². The molecule has 0 spiro atoms. The highest BCUT2D eigenvalue weighted by molar-refractivity contribution is 6.05. The van der Waals surface area contributed by atoms with E-state index in [9.17, 15) is 9.59 Å². The highest BCUT2D eigenvalue weighted by Crippen LogP contribution is 2.27. The lowest BCUT2D eigenvalue weighted by atomic mass is 10.0. The first-order valence-electron chi connectivity index (χ1n) is 7.87. The van der Waals surface area contributed by atoms with Crippen molar-refractivity contribution >= 4 is 17.5 Å². The molecule has 114 valence electrons. The van der Waals surface area contributed by atoms with Gasteiger partial charge in [0.05, 0.1) is 0 Å². The Kier molecular flexibility index (Phi) is 5.78. The van der Waals surface area contributed by atoms with Gasteiger partial charge in [-0.3, -0.25) is 9.59 Å². The second-order valence-electron chi connectivity index (χ2n) is 5.51. The van der Waals surface area contributed by atoms with Gasteiger partial charge in [0.1, 0.15) is 6.42 Å². The lowest BCUT2D eigenvalue weighted by molar-refractivity contribution is -0.128. The van der Waals surface area contributed by atoms with Gasteiger partial charge in [-0.2, -0.15) is 0 Å². The predicted octanol–water partition coefficient (Wildman–Crippen LogP) is 2.66. The van der Waals surface area contributed by atoms with Crippen LogP contribution in [0, 0.1) is 0 Å². The normalized spacial score (nSPS) is 13.7. The summed E-state index contributed by atoms with van der Waals surface area (Å²) in [5.74, 6) is -0.269. The van der Waals surface area contributed by atoms with Crippen molar-refractivity contribution in [1.82, 2.24) is 5.32 Å². The van der Waals surface area contributed by atoms with Gasteiger partial charge in [0.2, 0.25) is 11.8 Å². The number of unbranched alkanes of at least 4 members (excludes halogenated alkanes) is 2. The molecule has 0 bridgehead atoms. The van der Waals surface area contributed by atoms with Crippen LogP contribution in [-0.2, 0) is 16.0 Å². The van der Waals surface area contributed by atoms with Crippen LogP contribution in [0.2, 0.25) is 0 Å². The Bertz CT molecular complexity index is 499. The van der Waals surface area contributed by atoms with Gasteiger partial charge in [0, 0.05) is 18.8 Å². The van der Waals surface area contributed by atoms with E-state index in [0.29, 0.717) is 13.1 Å². The molecule has 4 heteroatoms. The summed E-state index contributed by atoms with van der Waals surface area (Å²) < 4.78 is 0. The third-order valence-corrected chi connectivity index (χ3v) is 3.83. The fraction of sp³-hybridized carbons (Fsp3) is 0.529. The molecule has 0 atom stereocenters. The van der Waals surface area contributed by atoms with Crippen LogP contribution in [0.15, 0.2) is 24.3 Å². The second-order valence-corrected chi connectivity index (χ2v) is 5.51. The maximum absolute atomic E-state index is 12.3. The van der Waals surface area contributed by atoms with Crippen LogP contribution in [0.25, 0.3) is 0 Å². The predicted molar refractivity (Wildman–Crippen MR) is 84.3 cm³/mol. The number of fused-ring (bicyclic) bond motifs is 1. The van der Waals surface area contributed by atoms with Crippen molar-refractivity contribution in [3.05, 3.63) is 29.8 Å². The minimum absolute atomic E-state index is 0.0551. The first-order valence-corrected chi connectivity index (χ1v) is 7.87. The van der Waals surface area contributed by atoms with Gasteiger partial charge in [-0.05, 0) is 30.9 Å². The summed E-state index contributed by atoms with van der Waals surface area (Å²) in [7, 11) is 0. The van der Waals surface area contributed by atoms with Crippen molar-refractivity contribution in [2.24, 2.45) is 0 Å². The zero-order valence-electron chi connectivity index (χ0n) is 12.7. The van der Waals surface area contributed by atoms with Gasteiger partial charge in [-0.25, -0.2) is 0 Å². The van der Waals surface area contributed by atoms with Crippen molar-refractivity contribution in [3.63, 3.8) is 0 Å². The molecule has 1 heterocycles. The summed E-state index contributed by atoms with van der Waals surface area (Å²) in [6, 6.07) is 7.95. The molecule has 1 aromatic carbocycles. The SMILES string of the molecule is CCCCCNC(=O)CC(=O)N1CCCc2ccccc21. The molecule has 0 radical (unpaired) electrons. The minimum Gasteiger partial charge on any atom is -0.356 e. The van der Waals surface area contributed by atoms with E-state index in [2.05, 4.69) is 18.3 Å². The number of nitrogens with one attached hydrogen (secondary N) is 1. The van der Waals surface area contributed by atoms with Crippen molar-refractivity contribution in [2.45, 2.75) is 45.4 Å². The summed E-state index contributed by atoms with van der Waals surface area (Å²) >= 11 is 0. The number of rotatable bonds is 6. The van der Waals surface area contributed by atoms with Crippen LogP contribution in [-0.4, -0.2) is 24.9 Å². The molecule has 2 rings (SSSR count). The number of anilines is 1. The number of benzene rings is 1. The van der Waals surface area contributed by atoms with Crippen LogP contribution in [0.3, 0.4) is 0 Å². The number of carbonyl (C=O) groups is 2. The van der Waals surface area contributed by atoms with E-state index >= 15 is 0 Å². The molecule has 4 nitrogen and oxygen atoms in total. The third kappa shape index (κ3) is 4.31. The van der Waals surface area contributed by atoms with Gasteiger partial charge in [0.25, 0.3) is 0 Å². The van der Waals surface area contributed by atoms with E-state index in [0.717, 1.165) is 37.8 Å². The molecule has 1 aliphatic rings. The standard InChI is InChI=1S/C17H24N2O2/c1-2-3-6-11-18-16(20)13-17(21)19-12-7-9-14-8-4-5-10-15(14)19/h4-5,8,10H,2-3,6-7,9,11-13H2,1H3,(H,18,20). The van der Waals surface area contributed by atoms with Crippen molar-refractivity contribution < 1.29 is 9.59 Å². The largest absolute Gasteiger partial charge is 0.356 e. The molecule has 0 aliphatic carbocycles. The molecule has 0 aromatic heterocycles. The molecular weight excluding hydrogens is 264 g/mol. The van der Waals surface area contributed by atoms with Crippen LogP contribution in [0.5, 0.6) is 0 Å². The lowest BCUT2D eigenvalue weighted by Crippen LogP contribution is -2.39. The molecule has 0 unspecified atom stereocenters. The Morgan fingerprint density at radius 2 is 2.05 bits per heavy atom. The van der Waals surface area contributed by atoms with Gasteiger partial charge < -0.3 is 10.2 Å². The van der Waals surface area contributed by atoms with E-state index in [1.54, 1.807) is 4.90 Å². The number of carbonyl (C=O) groups excluding carboxylic acids is 2. The number of hydrogen-bond donors (Lipinski definition) is 1. The summed E-state index contributed by atoms with van der Waals surface area (Å²) in [6.07, 6.45) is 5.11. The number of amides is 2. The molecule has 0 fully saturated rings. The van der Waals surface area contributed by atoms with Gasteiger partial charge >= 0.3 is 0 Å². The summed E-state index contributed by atoms with van der Waals surface area (Å²) in [5.41, 5.74) is 2.16. The van der Waals surface area contributed by atoms with Gasteiger partial charge in [0.15, 0.2) is 0 Å². The summed E-state index contributed by atoms with van der Waals surface area (Å²) in [5, 5.41) is 2.82. The van der Waals surface area contributed by atoms with E-state index in [-0.39, 0.29) is 18.2 Å². The Morgan fingerprint density at radius 3 is 2.86 bits per heavy atom. The Balaban J connectivity index is 1.88. The fourth-order valence-corrected chi connectivity index (χ4v) is 2.69. The first-order chi connectivity index (χ1) is 10.2. The van der Waals surface area contributed by atoms with E-state index in [1.165, 1.54) is 5.56 Å². The number of aryl methyl sites for hydroxylation is 1. The monoisotopic (exact) mass is 288 g/mol. The fourth-order valence-electron chi connectivity index (χ4n) is 2.69. The zero-order chi connectivity index (χ0) is 15.1. The molecule has 21 heavy (non-hydrogen) atoms. The highest BCUT2D eigenvalue weighted by atomic mass is 16.2. The van der Waals surface area contributed by atoms with E-state index < -0.39 is 0 Å². The maximum atomic E-state index is 12.3. The van der Waals surface area contributed by atoms with Crippen LogP contribution in [0.4, 0.5) is 5.69 Å².